The summed E-state index contributed by atoms with van der Waals surface area (Å²) in [5, 5.41) is 16.3. The molecule has 29 heavy (non-hydrogen) atoms. The summed E-state index contributed by atoms with van der Waals surface area (Å²) in [5.41, 5.74) is 4.15. The van der Waals surface area contributed by atoms with Gasteiger partial charge in [-0.3, -0.25) is 10.1 Å². The number of amides is 1. The summed E-state index contributed by atoms with van der Waals surface area (Å²) < 4.78 is 0. The number of fused-ring (bicyclic) bond motifs is 1. The van der Waals surface area contributed by atoms with Crippen molar-refractivity contribution in [3.05, 3.63) is 76.9 Å². The number of hydrogen-bond donors (Lipinski definition) is 2. The third-order valence-corrected chi connectivity index (χ3v) is 6.22. The number of carbonyl (C=O) groups excluding carboxylic acids is 1. The van der Waals surface area contributed by atoms with Gasteiger partial charge in [-0.1, -0.05) is 61.7 Å². The zero-order chi connectivity index (χ0) is 20.3. The number of nitrogens with zero attached hydrogens (tertiary/aromatic N) is 1. The standard InChI is InChI=1S/C24H23N3OS/c25-16-20-21(26-23(29)27-22(28)17-9-3-1-4-10-17)19-12-6-5-11-18(19)15-24(20)13-7-2-8-14-24/h1,3-6,9-12H,2,7-8,13-15H2,(H2,26,27,28,29). The van der Waals surface area contributed by atoms with Crippen LogP contribution in [0, 0.1) is 16.7 Å². The largest absolute Gasteiger partial charge is 0.331 e. The number of rotatable bonds is 2. The Hall–Kier alpha value is -2.97. The Kier molecular flexibility index (Phi) is 5.46. The molecule has 2 aliphatic carbocycles. The second kappa shape index (κ2) is 8.18. The first-order valence-electron chi connectivity index (χ1n) is 10.0. The lowest BCUT2D eigenvalue weighted by atomic mass is 9.62. The zero-order valence-corrected chi connectivity index (χ0v) is 17.0. The first-order valence-corrected chi connectivity index (χ1v) is 10.4. The van der Waals surface area contributed by atoms with Crippen molar-refractivity contribution in [3.63, 3.8) is 0 Å². The molecule has 0 aromatic heterocycles. The van der Waals surface area contributed by atoms with E-state index < -0.39 is 0 Å². The average molecular weight is 402 g/mol. The molecular weight excluding hydrogens is 378 g/mol. The van der Waals surface area contributed by atoms with E-state index in [1.54, 1.807) is 12.1 Å². The smallest absolute Gasteiger partial charge is 0.257 e. The van der Waals surface area contributed by atoms with Gasteiger partial charge in [0.25, 0.3) is 5.91 Å². The van der Waals surface area contributed by atoms with Crippen LogP contribution >= 0.6 is 12.2 Å². The Morgan fingerprint density at radius 1 is 1.00 bits per heavy atom. The van der Waals surface area contributed by atoms with Crippen molar-refractivity contribution in [1.29, 1.82) is 5.26 Å². The lowest BCUT2D eigenvalue weighted by molar-refractivity contribution is 0.0977. The maximum Gasteiger partial charge on any atom is 0.257 e. The van der Waals surface area contributed by atoms with Gasteiger partial charge in [-0.15, -0.1) is 0 Å². The molecule has 2 aromatic rings. The van der Waals surface area contributed by atoms with Crippen molar-refractivity contribution in [1.82, 2.24) is 10.6 Å². The van der Waals surface area contributed by atoms with Gasteiger partial charge in [-0.25, -0.2) is 0 Å². The van der Waals surface area contributed by atoms with Crippen LogP contribution in [0.4, 0.5) is 0 Å². The van der Waals surface area contributed by atoms with Crippen LogP contribution in [0.2, 0.25) is 0 Å². The third-order valence-electron chi connectivity index (χ3n) is 6.02. The zero-order valence-electron chi connectivity index (χ0n) is 16.2. The predicted octanol–water partition coefficient (Wildman–Crippen LogP) is 4.73. The second-order valence-corrected chi connectivity index (χ2v) is 8.22. The minimum atomic E-state index is -0.265. The van der Waals surface area contributed by atoms with Crippen LogP contribution in [0.5, 0.6) is 0 Å². The van der Waals surface area contributed by atoms with E-state index in [9.17, 15) is 10.1 Å². The first kappa shape index (κ1) is 19.4. The molecule has 1 fully saturated rings. The summed E-state index contributed by atoms with van der Waals surface area (Å²) in [5.74, 6) is -0.265. The number of nitriles is 1. The van der Waals surface area contributed by atoms with Gasteiger partial charge >= 0.3 is 0 Å². The van der Waals surface area contributed by atoms with Crippen LogP contribution in [0.15, 0.2) is 60.2 Å². The summed E-state index contributed by atoms with van der Waals surface area (Å²) in [4.78, 5) is 12.5. The number of hydrogen-bond acceptors (Lipinski definition) is 3. The lowest BCUT2D eigenvalue weighted by Crippen LogP contribution is -2.41. The van der Waals surface area contributed by atoms with E-state index in [4.69, 9.17) is 12.2 Å². The van der Waals surface area contributed by atoms with Crippen LogP contribution in [0.1, 0.15) is 53.6 Å². The highest BCUT2D eigenvalue weighted by Crippen LogP contribution is 2.50. The molecule has 1 saturated carbocycles. The quantitative estimate of drug-likeness (QED) is 0.714. The second-order valence-electron chi connectivity index (χ2n) is 7.81. The molecule has 0 aliphatic heterocycles. The molecule has 1 amide bonds. The molecule has 146 valence electrons. The molecule has 2 aromatic carbocycles. The number of thiocarbonyl (C=S) groups is 1. The van der Waals surface area contributed by atoms with Crippen LogP contribution in [0.25, 0.3) is 5.70 Å². The molecule has 2 aliphatic rings. The molecular formula is C24H23N3OS. The summed E-state index contributed by atoms with van der Waals surface area (Å²) in [6, 6.07) is 19.6. The minimum absolute atomic E-state index is 0.136. The molecule has 0 heterocycles. The summed E-state index contributed by atoms with van der Waals surface area (Å²) >= 11 is 5.44. The summed E-state index contributed by atoms with van der Waals surface area (Å²) in [6.07, 6.45) is 6.40. The normalized spacial score (nSPS) is 17.2. The topological polar surface area (TPSA) is 64.9 Å². The van der Waals surface area contributed by atoms with E-state index in [1.807, 2.05) is 36.4 Å². The van der Waals surface area contributed by atoms with Gasteiger partial charge in [0.05, 0.1) is 17.3 Å². The molecule has 0 bridgehead atoms. The number of benzene rings is 2. The van der Waals surface area contributed by atoms with Gasteiger partial charge < -0.3 is 5.32 Å². The lowest BCUT2D eigenvalue weighted by Gasteiger charge is -2.42. The highest BCUT2D eigenvalue weighted by Gasteiger charge is 2.42. The highest BCUT2D eigenvalue weighted by atomic mass is 32.1. The molecule has 0 radical (unpaired) electrons. The Morgan fingerprint density at radius 2 is 1.69 bits per heavy atom. The molecule has 4 nitrogen and oxygen atoms in total. The van der Waals surface area contributed by atoms with E-state index in [2.05, 4.69) is 22.8 Å². The summed E-state index contributed by atoms with van der Waals surface area (Å²) in [7, 11) is 0. The average Bonchev–Trinajstić information content (AvgIpc) is 2.75. The van der Waals surface area contributed by atoms with Crippen LogP contribution in [0.3, 0.4) is 0 Å². The van der Waals surface area contributed by atoms with Gasteiger partial charge in [-0.2, -0.15) is 5.26 Å². The molecule has 5 heteroatoms. The third kappa shape index (κ3) is 3.81. The van der Waals surface area contributed by atoms with E-state index in [-0.39, 0.29) is 16.4 Å². The fourth-order valence-corrected chi connectivity index (χ4v) is 4.84. The molecule has 0 saturated heterocycles. The van der Waals surface area contributed by atoms with Crippen molar-refractivity contribution < 1.29 is 4.79 Å². The Morgan fingerprint density at radius 3 is 2.41 bits per heavy atom. The molecule has 1 spiro atoms. The van der Waals surface area contributed by atoms with Crippen LogP contribution in [-0.4, -0.2) is 11.0 Å². The highest BCUT2D eigenvalue weighted by molar-refractivity contribution is 7.80. The van der Waals surface area contributed by atoms with Crippen LogP contribution < -0.4 is 10.6 Å². The minimum Gasteiger partial charge on any atom is -0.331 e. The number of carbonyl (C=O) groups is 1. The van der Waals surface area contributed by atoms with Crippen molar-refractivity contribution in [2.75, 3.05) is 0 Å². The summed E-state index contributed by atoms with van der Waals surface area (Å²) in [6.45, 7) is 0. The van der Waals surface area contributed by atoms with E-state index >= 15 is 0 Å². The van der Waals surface area contributed by atoms with Crippen molar-refractivity contribution in [2.24, 2.45) is 5.41 Å². The van der Waals surface area contributed by atoms with Gasteiger partial charge in [-0.05, 0) is 49.2 Å². The fraction of sp³-hybridized carbons (Fsp3) is 0.292. The van der Waals surface area contributed by atoms with Gasteiger partial charge in [0, 0.05) is 16.5 Å². The molecule has 4 rings (SSSR count). The monoisotopic (exact) mass is 401 g/mol. The number of nitrogens with one attached hydrogen (secondary N) is 2. The van der Waals surface area contributed by atoms with Crippen molar-refractivity contribution in [3.8, 4) is 6.07 Å². The van der Waals surface area contributed by atoms with Gasteiger partial charge in [0.15, 0.2) is 5.11 Å². The molecule has 2 N–H and O–H groups in total. The van der Waals surface area contributed by atoms with Crippen molar-refractivity contribution in [2.45, 2.75) is 38.5 Å². The van der Waals surface area contributed by atoms with E-state index in [1.165, 1.54) is 12.0 Å². The molecule has 0 atom stereocenters. The van der Waals surface area contributed by atoms with Crippen molar-refractivity contribution >= 4 is 28.9 Å². The predicted molar refractivity (Wildman–Crippen MR) is 118 cm³/mol. The van der Waals surface area contributed by atoms with Crippen LogP contribution in [-0.2, 0) is 6.42 Å². The first-order chi connectivity index (χ1) is 14.1. The van der Waals surface area contributed by atoms with E-state index in [0.29, 0.717) is 5.56 Å². The van der Waals surface area contributed by atoms with Gasteiger partial charge in [0.1, 0.15) is 0 Å². The van der Waals surface area contributed by atoms with E-state index in [0.717, 1.165) is 48.9 Å². The Balaban J connectivity index is 1.66. The molecule has 0 unspecified atom stereocenters. The maximum absolute atomic E-state index is 12.5. The maximum atomic E-state index is 12.5. The SMILES string of the molecule is N#CC1=C(NC(=S)NC(=O)c2ccccc2)c2ccccc2CC12CCCCC2. The Bertz CT molecular complexity index is 1010. The fourth-order valence-electron chi connectivity index (χ4n) is 4.64. The Labute approximate surface area is 176 Å². The van der Waals surface area contributed by atoms with Gasteiger partial charge in [0.2, 0.25) is 0 Å². The number of allylic oxidation sites excluding steroid dienone is 1.